The molecule has 0 heterocycles. The average Bonchev–Trinajstić information content (AvgIpc) is 2.85. The number of nitrogens with two attached hydrogens (primary N) is 1. The number of hydrogen-bond acceptors (Lipinski definition) is 8. The number of hydrogen-bond donors (Lipinski definition) is 2. The van der Waals surface area contributed by atoms with Crippen LogP contribution in [-0.4, -0.2) is 49.3 Å². The van der Waals surface area contributed by atoms with Crippen molar-refractivity contribution in [2.24, 2.45) is 5.73 Å². The van der Waals surface area contributed by atoms with Crippen LogP contribution in [0.15, 0.2) is 0 Å². The van der Waals surface area contributed by atoms with Gasteiger partial charge < -0.3 is 20.1 Å². The standard InChI is InChI=1S/C26H52NO8P/c1-3-5-7-8-9-10-11-12-13-14-15-17-19-26(29)35-24(22-32-25(28)18-16-6-4-2)23-34-36(30,31)33-21-20-27/h24H,3-23,27H2,1-2H3,(H,30,31)/t24-/m1/s1. The van der Waals surface area contributed by atoms with Crippen molar-refractivity contribution in [3.63, 3.8) is 0 Å². The van der Waals surface area contributed by atoms with Gasteiger partial charge in [0.05, 0.1) is 13.2 Å². The highest BCUT2D eigenvalue weighted by Gasteiger charge is 2.25. The summed E-state index contributed by atoms with van der Waals surface area (Å²) in [5, 5.41) is 0. The normalized spacial score (nSPS) is 13.8. The lowest BCUT2D eigenvalue weighted by Gasteiger charge is -2.19. The summed E-state index contributed by atoms with van der Waals surface area (Å²) >= 11 is 0. The average molecular weight is 538 g/mol. The van der Waals surface area contributed by atoms with Crippen LogP contribution in [0.2, 0.25) is 0 Å². The summed E-state index contributed by atoms with van der Waals surface area (Å²) in [7, 11) is -4.34. The van der Waals surface area contributed by atoms with E-state index in [0.717, 1.165) is 25.7 Å². The van der Waals surface area contributed by atoms with Crippen LogP contribution in [0, 0.1) is 0 Å². The van der Waals surface area contributed by atoms with Crippen molar-refractivity contribution in [2.75, 3.05) is 26.4 Å². The van der Waals surface area contributed by atoms with Gasteiger partial charge in [-0.1, -0.05) is 97.3 Å². The van der Waals surface area contributed by atoms with Crippen molar-refractivity contribution in [1.29, 1.82) is 0 Å². The lowest BCUT2D eigenvalue weighted by atomic mass is 10.0. The molecule has 0 saturated heterocycles. The molecular weight excluding hydrogens is 485 g/mol. The Hall–Kier alpha value is -0.990. The van der Waals surface area contributed by atoms with Gasteiger partial charge in [-0.25, -0.2) is 4.57 Å². The molecule has 0 bridgehead atoms. The highest BCUT2D eigenvalue weighted by atomic mass is 31.2. The third kappa shape index (κ3) is 23.4. The molecule has 0 rings (SSSR count). The van der Waals surface area contributed by atoms with E-state index in [4.69, 9.17) is 19.7 Å². The van der Waals surface area contributed by atoms with Crippen molar-refractivity contribution in [2.45, 2.75) is 129 Å². The zero-order chi connectivity index (χ0) is 26.9. The first-order valence-corrected chi connectivity index (χ1v) is 15.5. The van der Waals surface area contributed by atoms with Gasteiger partial charge >= 0.3 is 19.8 Å². The Kier molecular flexibility index (Phi) is 23.7. The Morgan fingerprint density at radius 3 is 1.75 bits per heavy atom. The fourth-order valence-electron chi connectivity index (χ4n) is 3.63. The third-order valence-corrected chi connectivity index (χ3v) is 6.73. The molecule has 2 atom stereocenters. The van der Waals surface area contributed by atoms with Crippen LogP contribution in [-0.2, 0) is 32.7 Å². The van der Waals surface area contributed by atoms with Crippen LogP contribution in [0.5, 0.6) is 0 Å². The second kappa shape index (κ2) is 24.4. The Morgan fingerprint density at radius 2 is 1.19 bits per heavy atom. The molecule has 0 saturated carbocycles. The zero-order valence-electron chi connectivity index (χ0n) is 22.8. The topological polar surface area (TPSA) is 134 Å². The molecule has 0 aromatic carbocycles. The van der Waals surface area contributed by atoms with Crippen LogP contribution in [0.4, 0.5) is 0 Å². The number of phosphoric ester groups is 1. The van der Waals surface area contributed by atoms with Crippen LogP contribution < -0.4 is 5.73 Å². The summed E-state index contributed by atoms with van der Waals surface area (Å²) in [5.74, 6) is -0.856. The number of carbonyl (C=O) groups is 2. The van der Waals surface area contributed by atoms with Gasteiger partial charge in [0.15, 0.2) is 6.10 Å². The lowest BCUT2D eigenvalue weighted by molar-refractivity contribution is -0.161. The van der Waals surface area contributed by atoms with Crippen molar-refractivity contribution in [3.8, 4) is 0 Å². The maximum Gasteiger partial charge on any atom is 0.472 e. The van der Waals surface area contributed by atoms with Crippen molar-refractivity contribution in [3.05, 3.63) is 0 Å². The number of unbranched alkanes of at least 4 members (excludes halogenated alkanes) is 13. The molecule has 0 aromatic rings. The van der Waals surface area contributed by atoms with Gasteiger partial charge in [0.2, 0.25) is 0 Å². The number of phosphoric acid groups is 1. The van der Waals surface area contributed by atoms with Crippen molar-refractivity contribution in [1.82, 2.24) is 0 Å². The molecule has 214 valence electrons. The van der Waals surface area contributed by atoms with Gasteiger partial charge in [0.1, 0.15) is 6.61 Å². The van der Waals surface area contributed by atoms with Crippen LogP contribution in [0.3, 0.4) is 0 Å². The minimum atomic E-state index is -4.34. The van der Waals surface area contributed by atoms with E-state index in [9.17, 15) is 19.0 Å². The monoisotopic (exact) mass is 537 g/mol. The molecular formula is C26H52NO8P. The van der Waals surface area contributed by atoms with E-state index in [1.807, 2.05) is 6.92 Å². The van der Waals surface area contributed by atoms with Gasteiger partial charge in [-0.3, -0.25) is 18.6 Å². The highest BCUT2D eigenvalue weighted by molar-refractivity contribution is 7.47. The Balaban J connectivity index is 4.23. The highest BCUT2D eigenvalue weighted by Crippen LogP contribution is 2.43. The molecule has 0 fully saturated rings. The number of ether oxygens (including phenoxy) is 2. The fourth-order valence-corrected chi connectivity index (χ4v) is 4.40. The molecule has 0 amide bonds. The Bertz CT molecular complexity index is 590. The molecule has 0 radical (unpaired) electrons. The summed E-state index contributed by atoms with van der Waals surface area (Å²) in [6.45, 7) is 3.51. The number of carbonyl (C=O) groups excluding carboxylic acids is 2. The molecule has 36 heavy (non-hydrogen) atoms. The maximum absolute atomic E-state index is 12.3. The fraction of sp³-hybridized carbons (Fsp3) is 0.923. The predicted octanol–water partition coefficient (Wildman–Crippen LogP) is 6.21. The zero-order valence-corrected chi connectivity index (χ0v) is 23.7. The molecule has 0 aliphatic heterocycles. The molecule has 1 unspecified atom stereocenters. The molecule has 9 nitrogen and oxygen atoms in total. The Labute approximate surface area is 218 Å². The minimum Gasteiger partial charge on any atom is -0.462 e. The molecule has 0 aliphatic carbocycles. The second-order valence-electron chi connectivity index (χ2n) is 9.28. The first-order chi connectivity index (χ1) is 17.3. The molecule has 10 heteroatoms. The van der Waals surface area contributed by atoms with Gasteiger partial charge in [0, 0.05) is 19.4 Å². The summed E-state index contributed by atoms with van der Waals surface area (Å²) in [5.41, 5.74) is 5.27. The van der Waals surface area contributed by atoms with E-state index in [2.05, 4.69) is 11.4 Å². The smallest absolute Gasteiger partial charge is 0.462 e. The summed E-state index contributed by atoms with van der Waals surface area (Å²) in [6, 6.07) is 0. The first-order valence-electron chi connectivity index (χ1n) is 14.0. The van der Waals surface area contributed by atoms with Gasteiger partial charge in [-0.15, -0.1) is 0 Å². The van der Waals surface area contributed by atoms with Crippen LogP contribution in [0.1, 0.15) is 123 Å². The van der Waals surface area contributed by atoms with E-state index in [-0.39, 0.29) is 32.6 Å². The second-order valence-corrected chi connectivity index (χ2v) is 10.7. The third-order valence-electron chi connectivity index (χ3n) is 5.74. The van der Waals surface area contributed by atoms with E-state index >= 15 is 0 Å². The van der Waals surface area contributed by atoms with Gasteiger partial charge in [0.25, 0.3) is 0 Å². The first kappa shape index (κ1) is 35.0. The number of esters is 2. The van der Waals surface area contributed by atoms with Crippen molar-refractivity contribution < 1.29 is 37.6 Å². The summed E-state index contributed by atoms with van der Waals surface area (Å²) < 4.78 is 32.0. The van der Waals surface area contributed by atoms with Crippen LogP contribution >= 0.6 is 7.82 Å². The number of rotatable bonds is 26. The summed E-state index contributed by atoms with van der Waals surface area (Å²) in [4.78, 5) is 33.9. The minimum absolute atomic E-state index is 0.0563. The van der Waals surface area contributed by atoms with E-state index < -0.39 is 32.5 Å². The molecule has 0 aromatic heterocycles. The molecule has 0 aliphatic rings. The van der Waals surface area contributed by atoms with Gasteiger partial charge in [-0.2, -0.15) is 0 Å². The van der Waals surface area contributed by atoms with E-state index in [1.165, 1.54) is 57.8 Å². The Morgan fingerprint density at radius 1 is 0.722 bits per heavy atom. The SMILES string of the molecule is CCCCCCCCCCCCCCC(=O)O[C@H](COC(=O)CCCCC)COP(=O)(O)OCCN. The van der Waals surface area contributed by atoms with Crippen molar-refractivity contribution >= 4 is 19.8 Å². The largest absolute Gasteiger partial charge is 0.472 e. The summed E-state index contributed by atoms with van der Waals surface area (Å²) in [6.07, 6.45) is 16.5. The quantitative estimate of drug-likeness (QED) is 0.0750. The molecule has 3 N–H and O–H groups in total. The predicted molar refractivity (Wildman–Crippen MR) is 141 cm³/mol. The van der Waals surface area contributed by atoms with Crippen LogP contribution in [0.25, 0.3) is 0 Å². The maximum atomic E-state index is 12.3. The van der Waals surface area contributed by atoms with Gasteiger partial charge in [-0.05, 0) is 12.8 Å². The van der Waals surface area contributed by atoms with E-state index in [1.54, 1.807) is 0 Å². The lowest BCUT2D eigenvalue weighted by Crippen LogP contribution is -2.29. The van der Waals surface area contributed by atoms with E-state index in [0.29, 0.717) is 12.8 Å². The molecule has 0 spiro atoms.